The maximum atomic E-state index is 6.01. The standard InChI is InChI=1S/C14H23N3O/c1-11(15)13-4-3-7-16-14(13)17-8-5-12(6-9-17)10-18-2/h3-4,7,11-12H,5-6,8-10,15H2,1-2H3/t11-/m1/s1. The van der Waals surface area contributed by atoms with E-state index < -0.39 is 0 Å². The summed E-state index contributed by atoms with van der Waals surface area (Å²) in [4.78, 5) is 6.86. The number of piperidine rings is 1. The molecule has 1 saturated heterocycles. The molecule has 0 aromatic carbocycles. The summed E-state index contributed by atoms with van der Waals surface area (Å²) in [6, 6.07) is 4.07. The number of hydrogen-bond acceptors (Lipinski definition) is 4. The topological polar surface area (TPSA) is 51.4 Å². The number of aromatic nitrogens is 1. The van der Waals surface area contributed by atoms with Gasteiger partial charge in [0.15, 0.2) is 0 Å². The third-order valence-electron chi connectivity index (χ3n) is 3.62. The van der Waals surface area contributed by atoms with Gasteiger partial charge in [-0.15, -0.1) is 0 Å². The Kier molecular flexibility index (Phi) is 4.55. The third kappa shape index (κ3) is 3.00. The molecule has 0 amide bonds. The molecular formula is C14H23N3O. The van der Waals surface area contributed by atoms with Crippen LogP contribution in [0, 0.1) is 5.92 Å². The summed E-state index contributed by atoms with van der Waals surface area (Å²) < 4.78 is 5.23. The maximum Gasteiger partial charge on any atom is 0.133 e. The van der Waals surface area contributed by atoms with Crippen molar-refractivity contribution in [2.75, 3.05) is 31.7 Å². The molecule has 2 rings (SSSR count). The summed E-state index contributed by atoms with van der Waals surface area (Å²) in [5.41, 5.74) is 7.15. The first-order valence-electron chi connectivity index (χ1n) is 6.66. The van der Waals surface area contributed by atoms with Gasteiger partial charge in [-0.2, -0.15) is 0 Å². The summed E-state index contributed by atoms with van der Waals surface area (Å²) in [5, 5.41) is 0. The summed E-state index contributed by atoms with van der Waals surface area (Å²) in [6.07, 6.45) is 4.19. The van der Waals surface area contributed by atoms with E-state index in [-0.39, 0.29) is 6.04 Å². The van der Waals surface area contributed by atoms with Gasteiger partial charge in [0.2, 0.25) is 0 Å². The lowest BCUT2D eigenvalue weighted by Crippen LogP contribution is -2.36. The minimum Gasteiger partial charge on any atom is -0.384 e. The molecule has 1 aliphatic rings. The van der Waals surface area contributed by atoms with Crippen molar-refractivity contribution < 1.29 is 4.74 Å². The Bertz CT molecular complexity index is 373. The third-order valence-corrected chi connectivity index (χ3v) is 3.62. The lowest BCUT2D eigenvalue weighted by molar-refractivity contribution is 0.139. The quantitative estimate of drug-likeness (QED) is 0.886. The second-order valence-electron chi connectivity index (χ2n) is 5.09. The Labute approximate surface area is 109 Å². The molecule has 18 heavy (non-hydrogen) atoms. The smallest absolute Gasteiger partial charge is 0.133 e. The van der Waals surface area contributed by atoms with Gasteiger partial charge in [0, 0.05) is 44.6 Å². The molecule has 100 valence electrons. The van der Waals surface area contributed by atoms with E-state index in [1.807, 2.05) is 19.2 Å². The van der Waals surface area contributed by atoms with Crippen LogP contribution in [0.2, 0.25) is 0 Å². The van der Waals surface area contributed by atoms with Crippen LogP contribution in [0.1, 0.15) is 31.4 Å². The van der Waals surface area contributed by atoms with Crippen molar-refractivity contribution in [1.29, 1.82) is 0 Å². The monoisotopic (exact) mass is 249 g/mol. The largest absolute Gasteiger partial charge is 0.384 e. The van der Waals surface area contributed by atoms with Gasteiger partial charge in [-0.25, -0.2) is 4.98 Å². The fourth-order valence-electron chi connectivity index (χ4n) is 2.58. The van der Waals surface area contributed by atoms with Crippen LogP contribution in [0.4, 0.5) is 5.82 Å². The lowest BCUT2D eigenvalue weighted by atomic mass is 9.97. The zero-order chi connectivity index (χ0) is 13.0. The molecule has 0 spiro atoms. The SMILES string of the molecule is COCC1CCN(c2ncccc2[C@@H](C)N)CC1. The summed E-state index contributed by atoms with van der Waals surface area (Å²) in [7, 11) is 1.78. The van der Waals surface area contributed by atoms with E-state index in [0.717, 1.165) is 31.1 Å². The highest BCUT2D eigenvalue weighted by Crippen LogP contribution is 2.27. The Morgan fingerprint density at radius 1 is 1.50 bits per heavy atom. The zero-order valence-corrected chi connectivity index (χ0v) is 11.3. The molecule has 2 N–H and O–H groups in total. The van der Waals surface area contributed by atoms with Gasteiger partial charge in [0.1, 0.15) is 5.82 Å². The zero-order valence-electron chi connectivity index (χ0n) is 11.3. The molecule has 0 saturated carbocycles. The normalized spacial score (nSPS) is 18.9. The van der Waals surface area contributed by atoms with E-state index in [1.165, 1.54) is 12.8 Å². The summed E-state index contributed by atoms with van der Waals surface area (Å²) in [5.74, 6) is 1.75. The fraction of sp³-hybridized carbons (Fsp3) is 0.643. The van der Waals surface area contributed by atoms with Crippen LogP contribution >= 0.6 is 0 Å². The second kappa shape index (κ2) is 6.16. The highest BCUT2D eigenvalue weighted by Gasteiger charge is 2.22. The van der Waals surface area contributed by atoms with Crippen molar-refractivity contribution in [2.24, 2.45) is 11.7 Å². The van der Waals surface area contributed by atoms with Gasteiger partial charge in [0.05, 0.1) is 0 Å². The first kappa shape index (κ1) is 13.3. The van der Waals surface area contributed by atoms with E-state index in [9.17, 15) is 0 Å². The van der Waals surface area contributed by atoms with E-state index in [4.69, 9.17) is 10.5 Å². The molecule has 1 aromatic heterocycles. The molecule has 0 aliphatic carbocycles. The highest BCUT2D eigenvalue weighted by atomic mass is 16.5. The van der Waals surface area contributed by atoms with Gasteiger partial charge in [-0.1, -0.05) is 6.07 Å². The van der Waals surface area contributed by atoms with Crippen LogP contribution in [-0.2, 0) is 4.74 Å². The van der Waals surface area contributed by atoms with Crippen molar-refractivity contribution in [3.8, 4) is 0 Å². The van der Waals surface area contributed by atoms with Gasteiger partial charge in [0.25, 0.3) is 0 Å². The van der Waals surface area contributed by atoms with Gasteiger partial charge in [-0.3, -0.25) is 0 Å². The molecule has 4 nitrogen and oxygen atoms in total. The first-order valence-corrected chi connectivity index (χ1v) is 6.66. The second-order valence-corrected chi connectivity index (χ2v) is 5.09. The van der Waals surface area contributed by atoms with Gasteiger partial charge in [-0.05, 0) is 31.7 Å². The molecule has 1 fully saturated rings. The fourth-order valence-corrected chi connectivity index (χ4v) is 2.58. The average Bonchev–Trinajstić information content (AvgIpc) is 2.40. The van der Waals surface area contributed by atoms with Crippen LogP contribution in [-0.4, -0.2) is 31.8 Å². The van der Waals surface area contributed by atoms with E-state index in [1.54, 1.807) is 7.11 Å². The molecular weight excluding hydrogens is 226 g/mol. The van der Waals surface area contributed by atoms with Crippen molar-refractivity contribution in [3.63, 3.8) is 0 Å². The number of hydrogen-bond donors (Lipinski definition) is 1. The molecule has 4 heteroatoms. The molecule has 0 bridgehead atoms. The van der Waals surface area contributed by atoms with Crippen LogP contribution in [0.25, 0.3) is 0 Å². The Hall–Kier alpha value is -1.13. The first-order chi connectivity index (χ1) is 8.72. The Morgan fingerprint density at radius 3 is 2.83 bits per heavy atom. The van der Waals surface area contributed by atoms with E-state index >= 15 is 0 Å². The molecule has 1 atom stereocenters. The predicted octanol–water partition coefficient (Wildman–Crippen LogP) is 1.96. The van der Waals surface area contributed by atoms with Crippen LogP contribution in [0.15, 0.2) is 18.3 Å². The molecule has 0 radical (unpaired) electrons. The summed E-state index contributed by atoms with van der Waals surface area (Å²) >= 11 is 0. The Balaban J connectivity index is 2.05. The number of nitrogens with zero attached hydrogens (tertiary/aromatic N) is 2. The van der Waals surface area contributed by atoms with Crippen LogP contribution in [0.3, 0.4) is 0 Å². The Morgan fingerprint density at radius 2 is 2.22 bits per heavy atom. The van der Waals surface area contributed by atoms with Crippen molar-refractivity contribution in [1.82, 2.24) is 4.98 Å². The number of nitrogens with two attached hydrogens (primary N) is 1. The molecule has 1 aromatic rings. The number of rotatable bonds is 4. The van der Waals surface area contributed by atoms with E-state index in [0.29, 0.717) is 5.92 Å². The number of pyridine rings is 1. The number of anilines is 1. The molecule has 1 aliphatic heterocycles. The predicted molar refractivity (Wildman–Crippen MR) is 73.7 cm³/mol. The van der Waals surface area contributed by atoms with E-state index in [2.05, 4.69) is 16.0 Å². The van der Waals surface area contributed by atoms with Gasteiger partial charge >= 0.3 is 0 Å². The highest BCUT2D eigenvalue weighted by molar-refractivity contribution is 5.48. The van der Waals surface area contributed by atoms with Crippen LogP contribution in [0.5, 0.6) is 0 Å². The van der Waals surface area contributed by atoms with Gasteiger partial charge < -0.3 is 15.4 Å². The van der Waals surface area contributed by atoms with Crippen LogP contribution < -0.4 is 10.6 Å². The average molecular weight is 249 g/mol. The maximum absolute atomic E-state index is 6.01. The van der Waals surface area contributed by atoms with Crippen molar-refractivity contribution in [2.45, 2.75) is 25.8 Å². The number of methoxy groups -OCH3 is 1. The van der Waals surface area contributed by atoms with Crippen molar-refractivity contribution >= 4 is 5.82 Å². The summed E-state index contributed by atoms with van der Waals surface area (Å²) in [6.45, 7) is 4.98. The minimum absolute atomic E-state index is 0.0328. The molecule has 0 unspecified atom stereocenters. The van der Waals surface area contributed by atoms with Crippen molar-refractivity contribution in [3.05, 3.63) is 23.9 Å². The molecule has 2 heterocycles. The minimum atomic E-state index is 0.0328. The lowest BCUT2D eigenvalue weighted by Gasteiger charge is -2.34. The number of ether oxygens (including phenoxy) is 1.